The third-order valence-electron chi connectivity index (χ3n) is 4.16. The zero-order chi connectivity index (χ0) is 19.4. The van der Waals surface area contributed by atoms with E-state index in [-0.39, 0.29) is 18.3 Å². The molecule has 0 bridgehead atoms. The van der Waals surface area contributed by atoms with Crippen LogP contribution in [-0.2, 0) is 9.53 Å². The van der Waals surface area contributed by atoms with Crippen molar-refractivity contribution in [1.29, 1.82) is 0 Å². The molecule has 1 atom stereocenters. The molecule has 0 spiro atoms. The lowest BCUT2D eigenvalue weighted by Gasteiger charge is -2.31. The monoisotopic (exact) mass is 362 g/mol. The van der Waals surface area contributed by atoms with Crippen LogP contribution in [0.4, 0.5) is 9.18 Å². The number of rotatable bonds is 6. The first-order chi connectivity index (χ1) is 12.1. The first-order valence-electron chi connectivity index (χ1n) is 8.80. The van der Waals surface area contributed by atoms with Gasteiger partial charge < -0.3 is 15.4 Å². The Morgan fingerprint density at radius 3 is 2.54 bits per heavy atom. The van der Waals surface area contributed by atoms with Crippen molar-refractivity contribution >= 4 is 18.1 Å². The fourth-order valence-electron chi connectivity index (χ4n) is 2.69. The average Bonchev–Trinajstić information content (AvgIpc) is 3.35. The van der Waals surface area contributed by atoms with Crippen molar-refractivity contribution < 1.29 is 18.7 Å². The molecule has 5 nitrogen and oxygen atoms in total. The fourth-order valence-corrected chi connectivity index (χ4v) is 2.69. The fraction of sp³-hybridized carbons (Fsp3) is 0.500. The number of amides is 2. The number of alkyl carbamates (subject to hydrolysis) is 1. The van der Waals surface area contributed by atoms with E-state index in [1.807, 2.05) is 6.92 Å². The van der Waals surface area contributed by atoms with E-state index in [1.165, 1.54) is 18.2 Å². The van der Waals surface area contributed by atoms with Crippen LogP contribution in [0.25, 0.3) is 6.08 Å². The standard InChI is InChI=1S/C20H27FN2O3/c1-19(2,3)26-18(25)22-13-20(4,15-9-10-15)23-17(24)11-8-14-6-5-7-16(21)12-14/h5-8,11-12,15H,9-10,13H2,1-4H3,(H,22,25)(H,23,24)/b11-8+. The van der Waals surface area contributed by atoms with Gasteiger partial charge >= 0.3 is 6.09 Å². The average molecular weight is 362 g/mol. The van der Waals surface area contributed by atoms with Gasteiger partial charge in [0.15, 0.2) is 0 Å². The Kier molecular flexibility index (Phi) is 6.05. The maximum absolute atomic E-state index is 13.2. The molecule has 1 aliphatic rings. The molecule has 0 radical (unpaired) electrons. The predicted molar refractivity (Wildman–Crippen MR) is 98.9 cm³/mol. The van der Waals surface area contributed by atoms with Crippen molar-refractivity contribution in [1.82, 2.24) is 10.6 Å². The Morgan fingerprint density at radius 2 is 1.96 bits per heavy atom. The zero-order valence-corrected chi connectivity index (χ0v) is 15.8. The van der Waals surface area contributed by atoms with Gasteiger partial charge in [-0.15, -0.1) is 0 Å². The SMILES string of the molecule is CC(C)(C)OC(=O)NCC(C)(NC(=O)/C=C/c1cccc(F)c1)C1CC1. The molecule has 0 aromatic heterocycles. The van der Waals surface area contributed by atoms with Gasteiger partial charge in [0.1, 0.15) is 11.4 Å². The Bertz CT molecular complexity index is 693. The van der Waals surface area contributed by atoms with Crippen LogP contribution in [-0.4, -0.2) is 29.7 Å². The second kappa shape index (κ2) is 7.89. The highest BCUT2D eigenvalue weighted by atomic mass is 19.1. The van der Waals surface area contributed by atoms with Crippen LogP contribution in [0.1, 0.15) is 46.1 Å². The number of carbonyl (C=O) groups is 2. The molecular weight excluding hydrogens is 335 g/mol. The molecule has 2 amide bonds. The molecule has 1 fully saturated rings. The normalized spacial score (nSPS) is 16.8. The smallest absolute Gasteiger partial charge is 0.407 e. The Morgan fingerprint density at radius 1 is 1.27 bits per heavy atom. The predicted octanol–water partition coefficient (Wildman–Crippen LogP) is 3.65. The molecule has 142 valence electrons. The minimum atomic E-state index is -0.572. The molecule has 1 saturated carbocycles. The van der Waals surface area contributed by atoms with Crippen LogP contribution in [0.5, 0.6) is 0 Å². The van der Waals surface area contributed by atoms with Gasteiger partial charge in [-0.1, -0.05) is 12.1 Å². The lowest BCUT2D eigenvalue weighted by molar-refractivity contribution is -0.118. The quantitative estimate of drug-likeness (QED) is 0.759. The molecule has 0 aliphatic heterocycles. The zero-order valence-electron chi connectivity index (χ0n) is 15.8. The molecule has 2 N–H and O–H groups in total. The lowest BCUT2D eigenvalue weighted by Crippen LogP contribution is -2.55. The Labute approximate surface area is 154 Å². The number of nitrogens with one attached hydrogen (secondary N) is 2. The Hall–Kier alpha value is -2.37. The van der Waals surface area contributed by atoms with E-state index in [0.29, 0.717) is 11.5 Å². The molecule has 0 saturated heterocycles. The molecule has 1 aromatic rings. The molecule has 2 rings (SSSR count). The molecule has 1 unspecified atom stereocenters. The van der Waals surface area contributed by atoms with Crippen molar-refractivity contribution in [2.45, 2.75) is 51.7 Å². The van der Waals surface area contributed by atoms with E-state index in [2.05, 4.69) is 10.6 Å². The summed E-state index contributed by atoms with van der Waals surface area (Å²) in [4.78, 5) is 24.2. The summed E-state index contributed by atoms with van der Waals surface area (Å²) in [6.07, 6.45) is 4.44. The number of halogens is 1. The van der Waals surface area contributed by atoms with Crippen LogP contribution in [0, 0.1) is 11.7 Å². The van der Waals surface area contributed by atoms with E-state index >= 15 is 0 Å². The van der Waals surface area contributed by atoms with E-state index in [0.717, 1.165) is 12.8 Å². The first kappa shape index (κ1) is 19.9. The van der Waals surface area contributed by atoms with E-state index < -0.39 is 17.2 Å². The van der Waals surface area contributed by atoms with Crippen LogP contribution in [0.3, 0.4) is 0 Å². The highest BCUT2D eigenvalue weighted by molar-refractivity contribution is 5.92. The van der Waals surface area contributed by atoms with Gasteiger partial charge in [0, 0.05) is 12.6 Å². The summed E-state index contributed by atoms with van der Waals surface area (Å²) in [6, 6.07) is 6.01. The van der Waals surface area contributed by atoms with Crippen LogP contribution in [0.2, 0.25) is 0 Å². The third-order valence-corrected chi connectivity index (χ3v) is 4.16. The van der Waals surface area contributed by atoms with Gasteiger partial charge in [0.2, 0.25) is 5.91 Å². The summed E-state index contributed by atoms with van der Waals surface area (Å²) in [7, 11) is 0. The van der Waals surface area contributed by atoms with Crippen molar-refractivity contribution in [3.8, 4) is 0 Å². The highest BCUT2D eigenvalue weighted by Crippen LogP contribution is 2.39. The number of benzene rings is 1. The van der Waals surface area contributed by atoms with Crippen molar-refractivity contribution in [3.63, 3.8) is 0 Å². The lowest BCUT2D eigenvalue weighted by atomic mass is 9.95. The van der Waals surface area contributed by atoms with Crippen LogP contribution < -0.4 is 10.6 Å². The molecule has 26 heavy (non-hydrogen) atoms. The maximum Gasteiger partial charge on any atom is 0.407 e. The summed E-state index contributed by atoms with van der Waals surface area (Å²) in [5.74, 6) is -0.324. The maximum atomic E-state index is 13.2. The molecule has 6 heteroatoms. The van der Waals surface area contributed by atoms with Crippen molar-refractivity contribution in [3.05, 3.63) is 41.7 Å². The highest BCUT2D eigenvalue weighted by Gasteiger charge is 2.42. The summed E-state index contributed by atoms with van der Waals surface area (Å²) in [6.45, 7) is 7.59. The van der Waals surface area contributed by atoms with E-state index in [1.54, 1.807) is 39.0 Å². The summed E-state index contributed by atoms with van der Waals surface area (Å²) >= 11 is 0. The summed E-state index contributed by atoms with van der Waals surface area (Å²) < 4.78 is 18.4. The Balaban J connectivity index is 1.94. The van der Waals surface area contributed by atoms with Crippen molar-refractivity contribution in [2.24, 2.45) is 5.92 Å². The number of hydrogen-bond donors (Lipinski definition) is 2. The second-order valence-electron chi connectivity index (χ2n) is 7.92. The summed E-state index contributed by atoms with van der Waals surface area (Å²) in [5, 5.41) is 5.71. The molecule has 0 heterocycles. The van der Waals surface area contributed by atoms with Gasteiger partial charge in [-0.05, 0) is 70.2 Å². The minimum Gasteiger partial charge on any atom is -0.444 e. The largest absolute Gasteiger partial charge is 0.444 e. The van der Waals surface area contributed by atoms with Gasteiger partial charge in [0.25, 0.3) is 0 Å². The van der Waals surface area contributed by atoms with Gasteiger partial charge in [-0.2, -0.15) is 0 Å². The number of ether oxygens (including phenoxy) is 1. The van der Waals surface area contributed by atoms with E-state index in [4.69, 9.17) is 4.74 Å². The minimum absolute atomic E-state index is 0.283. The van der Waals surface area contributed by atoms with Crippen LogP contribution >= 0.6 is 0 Å². The number of carbonyl (C=O) groups excluding carboxylic acids is 2. The van der Waals surface area contributed by atoms with Gasteiger partial charge in [-0.3, -0.25) is 4.79 Å². The van der Waals surface area contributed by atoms with E-state index in [9.17, 15) is 14.0 Å². The third kappa shape index (κ3) is 6.50. The topological polar surface area (TPSA) is 67.4 Å². The number of hydrogen-bond acceptors (Lipinski definition) is 3. The second-order valence-corrected chi connectivity index (χ2v) is 7.92. The molecule has 1 aromatic carbocycles. The molecular formula is C20H27FN2O3. The molecule has 1 aliphatic carbocycles. The van der Waals surface area contributed by atoms with Gasteiger partial charge in [0.05, 0.1) is 5.54 Å². The van der Waals surface area contributed by atoms with Crippen LogP contribution in [0.15, 0.2) is 30.3 Å². The first-order valence-corrected chi connectivity index (χ1v) is 8.80. The van der Waals surface area contributed by atoms with Gasteiger partial charge in [-0.25, -0.2) is 9.18 Å². The van der Waals surface area contributed by atoms with Crippen molar-refractivity contribution in [2.75, 3.05) is 6.54 Å². The summed E-state index contributed by atoms with van der Waals surface area (Å²) in [5.41, 5.74) is -0.516.